The predicted octanol–water partition coefficient (Wildman–Crippen LogP) is 1.64. The first kappa shape index (κ1) is 14.1. The van der Waals surface area contributed by atoms with E-state index in [4.69, 9.17) is 5.73 Å². The Morgan fingerprint density at radius 2 is 1.86 bits per heavy atom. The van der Waals surface area contributed by atoms with E-state index in [2.05, 4.69) is 9.98 Å². The molecular weight excluding hydrogens is 280 g/mol. The third-order valence-corrected chi connectivity index (χ3v) is 3.73. The Morgan fingerprint density at radius 1 is 1.14 bits per heavy atom. The van der Waals surface area contributed by atoms with E-state index in [9.17, 15) is 9.59 Å². The molecule has 6 nitrogen and oxygen atoms in total. The first-order chi connectivity index (χ1) is 10.5. The van der Waals surface area contributed by atoms with Crippen molar-refractivity contribution in [1.29, 1.82) is 0 Å². The van der Waals surface area contributed by atoms with Gasteiger partial charge in [-0.15, -0.1) is 4.48 Å². The molecule has 2 N–H and O–H groups in total. The van der Waals surface area contributed by atoms with Crippen molar-refractivity contribution in [3.63, 3.8) is 0 Å². The molecule has 0 spiro atoms. The molecule has 1 radical (unpaired) electrons. The van der Waals surface area contributed by atoms with Crippen molar-refractivity contribution in [2.24, 2.45) is 10.7 Å². The summed E-state index contributed by atoms with van der Waals surface area (Å²) in [5.41, 5.74) is 7.78. The van der Waals surface area contributed by atoms with E-state index in [-0.39, 0.29) is 0 Å². The van der Waals surface area contributed by atoms with Gasteiger partial charge >= 0.3 is 11.9 Å². The highest BCUT2D eigenvalue weighted by atomic mass is 16.2. The number of carbonyl (C=O) groups excluding carboxylic acids is 2. The molecule has 6 heteroatoms. The molecule has 1 unspecified atom stereocenters. The van der Waals surface area contributed by atoms with Gasteiger partial charge < -0.3 is 5.73 Å². The Balaban J connectivity index is 2.28. The monoisotopic (exact) mass is 294 g/mol. The maximum absolute atomic E-state index is 12.4. The number of imide groups is 1. The average Bonchev–Trinajstić information content (AvgIpc) is 2.65. The van der Waals surface area contributed by atoms with Crippen LogP contribution in [-0.2, 0) is 4.79 Å². The Labute approximate surface area is 127 Å². The molecule has 1 aromatic heterocycles. The highest BCUT2D eigenvalue weighted by Gasteiger charge is 2.45. The van der Waals surface area contributed by atoms with Crippen LogP contribution in [0.3, 0.4) is 0 Å². The Kier molecular flexibility index (Phi) is 3.30. The van der Waals surface area contributed by atoms with Crippen LogP contribution in [-0.4, -0.2) is 29.7 Å². The van der Waals surface area contributed by atoms with Crippen molar-refractivity contribution in [2.75, 3.05) is 7.05 Å². The first-order valence-electron chi connectivity index (χ1n) is 6.68. The van der Waals surface area contributed by atoms with Crippen molar-refractivity contribution in [3.05, 3.63) is 66.5 Å². The van der Waals surface area contributed by atoms with Gasteiger partial charge in [0.2, 0.25) is 6.54 Å². The number of aliphatic imine (C=N–C) groups is 1. The van der Waals surface area contributed by atoms with E-state index >= 15 is 0 Å². The standard InChI is InChI=1S/C16H13N4O2/c1-20(16(17)22)13-8-3-2-6-11(13)15(19-10-14(20)21)12-7-4-5-9-18-12/h2-10H,1H3,(H-,17,22)/p+1. The minimum atomic E-state index is -0.758. The second-order valence-electron chi connectivity index (χ2n) is 5.02. The third-order valence-electron chi connectivity index (χ3n) is 3.73. The van der Waals surface area contributed by atoms with Crippen molar-refractivity contribution < 1.29 is 9.59 Å². The average molecular weight is 294 g/mol. The highest BCUT2D eigenvalue weighted by molar-refractivity contribution is 6.22. The molecule has 0 aliphatic carbocycles. The van der Waals surface area contributed by atoms with Gasteiger partial charge in [0.05, 0.1) is 24.0 Å². The molecule has 0 saturated carbocycles. The fraction of sp³-hybridized carbons (Fsp3) is 0.0625. The summed E-state index contributed by atoms with van der Waals surface area (Å²) in [5, 5.41) is 0. The molecule has 2 heterocycles. The summed E-state index contributed by atoms with van der Waals surface area (Å²) in [5.74, 6) is -0.495. The smallest absolute Gasteiger partial charge is 0.318 e. The lowest BCUT2D eigenvalue weighted by atomic mass is 10.0. The van der Waals surface area contributed by atoms with Gasteiger partial charge in [-0.3, -0.25) is 9.98 Å². The number of aromatic nitrogens is 1. The fourth-order valence-electron chi connectivity index (χ4n) is 2.42. The number of hydrogen-bond acceptors (Lipinski definition) is 4. The zero-order chi connectivity index (χ0) is 15.7. The van der Waals surface area contributed by atoms with Crippen molar-refractivity contribution in [1.82, 2.24) is 9.47 Å². The van der Waals surface area contributed by atoms with Crippen LogP contribution in [0.25, 0.3) is 0 Å². The maximum atomic E-state index is 12.4. The lowest BCUT2D eigenvalue weighted by molar-refractivity contribution is -0.123. The van der Waals surface area contributed by atoms with E-state index in [0.29, 0.717) is 22.7 Å². The van der Waals surface area contributed by atoms with Crippen molar-refractivity contribution >= 4 is 23.3 Å². The molecule has 0 fully saturated rings. The minimum absolute atomic E-state index is 0.484. The van der Waals surface area contributed by atoms with Crippen LogP contribution in [0.15, 0.2) is 53.7 Å². The largest absolute Gasteiger partial charge is 0.426 e. The number of hydrogen-bond donors (Lipinski definition) is 1. The van der Waals surface area contributed by atoms with Gasteiger partial charge in [-0.05, 0) is 18.2 Å². The summed E-state index contributed by atoms with van der Waals surface area (Å²) in [4.78, 5) is 32.9. The van der Waals surface area contributed by atoms with Gasteiger partial charge in [0.1, 0.15) is 0 Å². The van der Waals surface area contributed by atoms with Crippen molar-refractivity contribution in [2.45, 2.75) is 0 Å². The van der Waals surface area contributed by atoms with E-state index in [1.54, 1.807) is 36.5 Å². The van der Waals surface area contributed by atoms with Crippen LogP contribution < -0.4 is 10.2 Å². The molecule has 0 saturated heterocycles. The Morgan fingerprint density at radius 3 is 2.55 bits per heavy atom. The van der Waals surface area contributed by atoms with Crippen LogP contribution in [0.2, 0.25) is 0 Å². The van der Waals surface area contributed by atoms with Crippen molar-refractivity contribution in [3.8, 4) is 0 Å². The van der Waals surface area contributed by atoms with Gasteiger partial charge in [-0.25, -0.2) is 9.59 Å². The first-order valence-corrected chi connectivity index (χ1v) is 6.68. The number of benzene rings is 1. The number of fused-ring (bicyclic) bond motifs is 1. The highest BCUT2D eigenvalue weighted by Crippen LogP contribution is 2.31. The number of nitrogens with zero attached hydrogens (tertiary/aromatic N) is 3. The van der Waals surface area contributed by atoms with E-state index < -0.39 is 16.4 Å². The van der Waals surface area contributed by atoms with Crippen LogP contribution in [0.4, 0.5) is 10.5 Å². The number of rotatable bonds is 1. The predicted molar refractivity (Wildman–Crippen MR) is 82.9 cm³/mol. The second kappa shape index (κ2) is 5.16. The van der Waals surface area contributed by atoms with Crippen LogP contribution in [0.1, 0.15) is 11.3 Å². The van der Waals surface area contributed by atoms with Crippen LogP contribution in [0, 0.1) is 6.54 Å². The number of carbonyl (C=O) groups is 2. The van der Waals surface area contributed by atoms with Gasteiger partial charge in [0, 0.05) is 12.3 Å². The normalized spacial score (nSPS) is 20.8. The number of urea groups is 1. The summed E-state index contributed by atoms with van der Waals surface area (Å²) in [7, 11) is 1.47. The van der Waals surface area contributed by atoms with Crippen LogP contribution >= 0.6 is 0 Å². The molecule has 2 aromatic rings. The number of para-hydroxylation sites is 1. The number of primary amides is 1. The number of amides is 3. The number of likely N-dealkylation sites (N-methyl/N-ethyl adjacent to an activating group) is 1. The zero-order valence-corrected chi connectivity index (χ0v) is 11.9. The maximum Gasteiger partial charge on any atom is 0.426 e. The number of benzodiazepines with no additional fused rings is 1. The molecule has 1 aliphatic heterocycles. The molecule has 1 atom stereocenters. The fourth-order valence-corrected chi connectivity index (χ4v) is 2.42. The van der Waals surface area contributed by atoms with E-state index in [1.807, 2.05) is 12.1 Å². The molecule has 22 heavy (non-hydrogen) atoms. The number of nitrogens with two attached hydrogens (primary N) is 1. The summed E-state index contributed by atoms with van der Waals surface area (Å²) in [6.45, 7) is 1.13. The lowest BCUT2D eigenvalue weighted by Crippen LogP contribution is -2.58. The molecule has 3 amide bonds. The third kappa shape index (κ3) is 2.01. The lowest BCUT2D eigenvalue weighted by Gasteiger charge is -2.25. The zero-order valence-electron chi connectivity index (χ0n) is 11.9. The summed E-state index contributed by atoms with van der Waals surface area (Å²) in [6, 6.07) is 11.8. The Hall–Kier alpha value is -2.86. The van der Waals surface area contributed by atoms with Gasteiger partial charge in [-0.1, -0.05) is 18.2 Å². The molecule has 3 rings (SSSR count). The number of quaternary nitrogens is 1. The summed E-state index contributed by atoms with van der Waals surface area (Å²) in [6.07, 6.45) is 1.65. The van der Waals surface area contributed by atoms with Gasteiger partial charge in [0.15, 0.2) is 5.69 Å². The van der Waals surface area contributed by atoms with E-state index in [1.165, 1.54) is 7.05 Å². The molecular formula is C16H14N4O2+. The van der Waals surface area contributed by atoms with Gasteiger partial charge in [-0.2, -0.15) is 0 Å². The van der Waals surface area contributed by atoms with Gasteiger partial charge in [0.25, 0.3) is 0 Å². The molecule has 1 aromatic carbocycles. The molecule has 109 valence electrons. The van der Waals surface area contributed by atoms with E-state index in [0.717, 1.165) is 6.54 Å². The molecule has 1 aliphatic rings. The number of pyridine rings is 1. The second-order valence-corrected chi connectivity index (χ2v) is 5.02. The molecule has 0 bridgehead atoms. The topological polar surface area (TPSA) is 85.4 Å². The summed E-state index contributed by atoms with van der Waals surface area (Å²) < 4.78 is -0.657. The summed E-state index contributed by atoms with van der Waals surface area (Å²) >= 11 is 0. The Bertz CT molecular complexity index is 786. The SMILES string of the molecule is C[N+]1(C(N)=O)C(=O)[CH]N=C(c2ccccn2)c2ccccc21. The quantitative estimate of drug-likeness (QED) is 0.811. The van der Waals surface area contributed by atoms with Crippen LogP contribution in [0.5, 0.6) is 0 Å². The minimum Gasteiger partial charge on any atom is -0.318 e.